The number of unbranched alkanes of at least 4 members (excludes halogenated alkanes) is 2. The van der Waals surface area contributed by atoms with Gasteiger partial charge in [-0.15, -0.1) is 0 Å². The number of esters is 2. The SMILES string of the molecule is CCCCC[C@@H](NC(=O)[C@H](CC(=O)OC(C)(C)C)CC(=O)[C@@H](CC)NC(=O)[C@@H]1CCCN1C(=O)[C@@H](Cc1cncn1C(c1ccccc1)(c1ccccc1)c1ccccc1)NC(=O)[C@@H](CC(=O)C(CC(=O)NC(c1ccccc1)(c1ccccc1)c1ccccc1)NC(=O)[C@H](CC)NC(=O)OC(C)(C)C)C(C)C)C(=O)OC(c1ccccc1)(c1ccc(C)cc1)c1ccccc1Cl. The predicted molar refractivity (Wildman–Crippen MR) is 509 cm³/mol. The van der Waals surface area contributed by atoms with Crippen LogP contribution in [0.25, 0.3) is 0 Å². The number of carbonyl (C=O) groups excluding carboxylic acids is 11. The van der Waals surface area contributed by atoms with Gasteiger partial charge in [0.2, 0.25) is 35.4 Å². The summed E-state index contributed by atoms with van der Waals surface area (Å²) in [6.07, 6.45) is 2.04. The van der Waals surface area contributed by atoms with Crippen LogP contribution in [0, 0.1) is 24.7 Å². The maximum atomic E-state index is 16.5. The molecule has 0 saturated carbocycles. The van der Waals surface area contributed by atoms with E-state index in [1.807, 2.05) is 255 Å². The van der Waals surface area contributed by atoms with Crippen molar-refractivity contribution in [3.63, 3.8) is 0 Å². The quantitative estimate of drug-likeness (QED) is 0.00897. The highest BCUT2D eigenvalue weighted by molar-refractivity contribution is 6.31. The molecule has 0 bridgehead atoms. The molecule has 2 unspecified atom stereocenters. The molecule has 9 aromatic carbocycles. The molecule has 1 aliphatic heterocycles. The molecule has 2 heterocycles. The molecule has 0 radical (unpaired) electrons. The van der Waals surface area contributed by atoms with E-state index < -0.39 is 173 Å². The Labute approximate surface area is 780 Å². The summed E-state index contributed by atoms with van der Waals surface area (Å²) in [6.45, 7) is 20.8. The van der Waals surface area contributed by atoms with Crippen LogP contribution >= 0.6 is 11.6 Å². The summed E-state index contributed by atoms with van der Waals surface area (Å²) in [5, 5.41) is 18.0. The van der Waals surface area contributed by atoms with Gasteiger partial charge in [-0.05, 0) is 126 Å². The van der Waals surface area contributed by atoms with Crippen molar-refractivity contribution in [1.82, 2.24) is 46.4 Å². The number of imidazole rings is 1. The number of hydrogen-bond acceptors (Lipinski definition) is 15. The summed E-state index contributed by atoms with van der Waals surface area (Å²) in [5.74, 6) is -11.0. The first-order chi connectivity index (χ1) is 63.2. The van der Waals surface area contributed by atoms with Gasteiger partial charge in [0.15, 0.2) is 17.2 Å². The number of hydrogen-bond donors (Lipinski definition) is 6. The van der Waals surface area contributed by atoms with Crippen LogP contribution in [0.2, 0.25) is 5.02 Å². The van der Waals surface area contributed by atoms with Crippen molar-refractivity contribution in [2.75, 3.05) is 6.54 Å². The van der Waals surface area contributed by atoms with E-state index >= 15 is 38.4 Å². The highest BCUT2D eigenvalue weighted by atomic mass is 35.5. The fourth-order valence-electron chi connectivity index (χ4n) is 17.6. The number of halogens is 1. The average Bonchev–Trinajstić information content (AvgIpc) is 1.40. The number of rotatable bonds is 42. The van der Waals surface area contributed by atoms with E-state index in [0.29, 0.717) is 63.4 Å². The second-order valence-corrected chi connectivity index (χ2v) is 36.7. The highest BCUT2D eigenvalue weighted by Gasteiger charge is 2.48. The van der Waals surface area contributed by atoms with Gasteiger partial charge in [0.25, 0.3) is 0 Å². The number of aryl methyl sites for hydroxylation is 1. The summed E-state index contributed by atoms with van der Waals surface area (Å²) < 4.78 is 20.2. The molecular formula is C108H124ClN9O14. The third kappa shape index (κ3) is 24.5. The van der Waals surface area contributed by atoms with Crippen molar-refractivity contribution >= 4 is 76.6 Å². The molecule has 132 heavy (non-hydrogen) atoms. The molecule has 1 aliphatic rings. The number of benzene rings is 9. The predicted octanol–water partition coefficient (Wildman–Crippen LogP) is 17.0. The summed E-state index contributed by atoms with van der Waals surface area (Å²) in [6, 6.07) is 72.6. The number of nitrogens with one attached hydrogen (secondary N) is 6. The van der Waals surface area contributed by atoms with E-state index in [-0.39, 0.29) is 38.6 Å². The Morgan fingerprint density at radius 2 is 0.939 bits per heavy atom. The molecule has 9 atom stereocenters. The number of ether oxygens (including phenoxy) is 3. The van der Waals surface area contributed by atoms with Gasteiger partial charge < -0.3 is 55.6 Å². The van der Waals surface area contributed by atoms with Gasteiger partial charge >= 0.3 is 18.0 Å². The topological polar surface area (TPSA) is 309 Å². The molecule has 692 valence electrons. The van der Waals surface area contributed by atoms with E-state index in [1.165, 1.54) is 4.90 Å². The zero-order valence-electron chi connectivity index (χ0n) is 77.5. The first-order valence-electron chi connectivity index (χ1n) is 45.8. The van der Waals surface area contributed by atoms with Gasteiger partial charge in [0.1, 0.15) is 46.4 Å². The third-order valence-electron chi connectivity index (χ3n) is 24.1. The van der Waals surface area contributed by atoms with Crippen molar-refractivity contribution in [2.45, 2.75) is 231 Å². The first-order valence-corrected chi connectivity index (χ1v) is 46.2. The molecule has 0 aliphatic carbocycles. The van der Waals surface area contributed by atoms with Crippen molar-refractivity contribution in [1.29, 1.82) is 0 Å². The number of Topliss-reactive ketones (excluding diaryl/α,β-unsaturated/α-hetero) is 2. The van der Waals surface area contributed by atoms with Crippen molar-refractivity contribution in [3.05, 3.63) is 340 Å². The van der Waals surface area contributed by atoms with Crippen LogP contribution in [-0.4, -0.2) is 133 Å². The fourth-order valence-corrected chi connectivity index (χ4v) is 17.9. The lowest BCUT2D eigenvalue weighted by Crippen LogP contribution is -2.57. The minimum absolute atomic E-state index is 0.00230. The molecule has 10 aromatic rings. The Bertz CT molecular complexity index is 5370. The third-order valence-corrected chi connectivity index (χ3v) is 24.5. The Hall–Kier alpha value is -13.2. The molecule has 1 fully saturated rings. The second kappa shape index (κ2) is 45.6. The number of likely N-dealkylation sites (tertiary alicyclic amines) is 1. The lowest BCUT2D eigenvalue weighted by atomic mass is 9.76. The second-order valence-electron chi connectivity index (χ2n) is 36.3. The Kier molecular flexibility index (Phi) is 34.3. The van der Waals surface area contributed by atoms with Crippen LogP contribution < -0.4 is 31.9 Å². The largest absolute Gasteiger partial charge is 0.460 e. The molecule has 1 saturated heterocycles. The van der Waals surface area contributed by atoms with Gasteiger partial charge in [-0.3, -0.25) is 43.2 Å². The number of aromatic nitrogens is 2. The molecule has 24 heteroatoms. The smallest absolute Gasteiger partial charge is 0.408 e. The lowest BCUT2D eigenvalue weighted by molar-refractivity contribution is -0.159. The number of ketones is 2. The first kappa shape index (κ1) is 99.4. The highest BCUT2D eigenvalue weighted by Crippen LogP contribution is 2.46. The minimum Gasteiger partial charge on any atom is -0.460 e. The molecule has 6 N–H and O–H groups in total. The van der Waals surface area contributed by atoms with Crippen LogP contribution in [-0.2, 0) is 85.3 Å². The molecule has 1 aromatic heterocycles. The van der Waals surface area contributed by atoms with E-state index in [2.05, 4.69) is 31.9 Å². The molecule has 0 spiro atoms. The summed E-state index contributed by atoms with van der Waals surface area (Å²) in [4.78, 5) is 174. The summed E-state index contributed by atoms with van der Waals surface area (Å²) in [7, 11) is 0. The van der Waals surface area contributed by atoms with Gasteiger partial charge in [-0.1, -0.05) is 326 Å². The van der Waals surface area contributed by atoms with Crippen molar-refractivity contribution in [2.24, 2.45) is 17.8 Å². The standard InChI is InChI=1S/C108H124ClN9O14/c1-13-16-24-58-89(102(128)131-108(81-54-37-23-38-55-81,82-62-60-73(6)61-63-82)85-56-39-40-57-86(85)109)112-97(123)74(66-96(122)130-104(7,8)9)65-93(119)87(14-2)111-100(126)92-59-41-64-117(92)101(127)91(67-83-70-110-71-118(83)107(78-48-31-20-32-49-78,79-50-33-21-34-51-79)80-52-35-22-36-53-80)114-98(124)84(72(4)5)68-94(120)90(113-99(125)88(15-3)115-103(129)132-105(10,11)12)69-95(121)116-106(75-42-25-17-26-43-75,76-44-27-18-28-45-76)77-46-29-19-30-47-77/h17-23,25-40,42-57,60-63,70-72,74,84,87-92H,13-16,24,41,58-59,64-69H2,1-12H3,(H,111,126)(H,112,123)(H,113,125)(H,114,124)(H,115,129)(H,116,121)/t74-,84-,87+,88-,89+,90?,91+,92-,108?/m0/s1. The minimum atomic E-state index is -1.66. The van der Waals surface area contributed by atoms with Crippen LogP contribution in [0.5, 0.6) is 0 Å². The fraction of sp³-hybridized carbons (Fsp3) is 0.370. The van der Waals surface area contributed by atoms with Gasteiger partial charge in [0.05, 0.1) is 37.2 Å². The average molecular weight is 1810 g/mol. The Morgan fingerprint density at radius 1 is 0.470 bits per heavy atom. The molecule has 23 nitrogen and oxygen atoms in total. The number of amides is 7. The van der Waals surface area contributed by atoms with E-state index in [1.54, 1.807) is 106 Å². The van der Waals surface area contributed by atoms with E-state index in [4.69, 9.17) is 30.8 Å². The Morgan fingerprint density at radius 3 is 1.43 bits per heavy atom. The lowest BCUT2D eigenvalue weighted by Gasteiger charge is -2.39. The normalized spacial score (nSPS) is 15.0. The van der Waals surface area contributed by atoms with Crippen molar-refractivity contribution in [3.8, 4) is 0 Å². The summed E-state index contributed by atoms with van der Waals surface area (Å²) >= 11 is 7.12. The monoisotopic (exact) mass is 1810 g/mol. The zero-order chi connectivity index (χ0) is 94.9. The Balaban J connectivity index is 0.926. The maximum Gasteiger partial charge on any atom is 0.408 e. The zero-order valence-corrected chi connectivity index (χ0v) is 78.3. The van der Waals surface area contributed by atoms with Crippen molar-refractivity contribution < 1.29 is 67.0 Å². The van der Waals surface area contributed by atoms with E-state index in [0.717, 1.165) is 28.7 Å². The van der Waals surface area contributed by atoms with Crippen LogP contribution in [0.15, 0.2) is 273 Å². The van der Waals surface area contributed by atoms with Crippen LogP contribution in [0.4, 0.5) is 4.79 Å². The molecule has 11 rings (SSSR count). The van der Waals surface area contributed by atoms with Gasteiger partial charge in [-0.25, -0.2) is 14.6 Å². The van der Waals surface area contributed by atoms with Gasteiger partial charge in [0, 0.05) is 65.3 Å². The maximum absolute atomic E-state index is 16.5. The van der Waals surface area contributed by atoms with Crippen LogP contribution in [0.3, 0.4) is 0 Å². The molecule has 7 amide bonds. The molecular weight excluding hydrogens is 1680 g/mol. The number of alkyl carbamates (subject to hydrolysis) is 1. The van der Waals surface area contributed by atoms with Crippen LogP contribution in [0.1, 0.15) is 215 Å². The van der Waals surface area contributed by atoms with E-state index in [9.17, 15) is 14.4 Å². The summed E-state index contributed by atoms with van der Waals surface area (Å²) in [5.41, 5.74) is 1.24. The number of nitrogens with zero attached hydrogens (tertiary/aromatic N) is 3. The number of carbonyl (C=O) groups is 11. The van der Waals surface area contributed by atoms with Gasteiger partial charge in [-0.2, -0.15) is 0 Å².